The summed E-state index contributed by atoms with van der Waals surface area (Å²) in [5, 5.41) is 3.58. The summed E-state index contributed by atoms with van der Waals surface area (Å²) in [6, 6.07) is 7.48. The molecular weight excluding hydrogens is 196 g/mol. The SMILES string of the molecule is Cc1ccc2c(c1)N1CCCCCC1CN2. The number of fused-ring (bicyclic) bond motifs is 3. The summed E-state index contributed by atoms with van der Waals surface area (Å²) in [6.45, 7) is 4.54. The number of nitrogens with one attached hydrogen (secondary N) is 1. The number of rotatable bonds is 0. The fourth-order valence-electron chi connectivity index (χ4n) is 2.96. The van der Waals surface area contributed by atoms with Crippen molar-refractivity contribution in [2.75, 3.05) is 23.3 Å². The average Bonchev–Trinajstić information content (AvgIpc) is 2.54. The fraction of sp³-hybridized carbons (Fsp3) is 0.571. The smallest absolute Gasteiger partial charge is 0.0607 e. The second-order valence-corrected chi connectivity index (χ2v) is 5.10. The molecule has 16 heavy (non-hydrogen) atoms. The molecular formula is C14H20N2. The van der Waals surface area contributed by atoms with Gasteiger partial charge in [-0.2, -0.15) is 0 Å². The zero-order chi connectivity index (χ0) is 11.0. The lowest BCUT2D eigenvalue weighted by atomic mass is 10.0. The number of hydrogen-bond acceptors (Lipinski definition) is 2. The van der Waals surface area contributed by atoms with Gasteiger partial charge in [0, 0.05) is 19.1 Å². The van der Waals surface area contributed by atoms with Crippen molar-refractivity contribution in [3.63, 3.8) is 0 Å². The van der Waals surface area contributed by atoms with E-state index >= 15 is 0 Å². The van der Waals surface area contributed by atoms with Gasteiger partial charge in [0.2, 0.25) is 0 Å². The highest BCUT2D eigenvalue weighted by molar-refractivity contribution is 5.73. The summed E-state index contributed by atoms with van der Waals surface area (Å²) >= 11 is 0. The van der Waals surface area contributed by atoms with Gasteiger partial charge in [-0.15, -0.1) is 0 Å². The molecule has 1 aromatic carbocycles. The fourth-order valence-corrected chi connectivity index (χ4v) is 2.96. The standard InChI is InChI=1S/C14H20N2/c1-11-6-7-13-14(9-11)16-8-4-2-3-5-12(16)10-15-13/h6-7,9,12,15H,2-5,8,10H2,1H3. The molecule has 2 nitrogen and oxygen atoms in total. The molecule has 1 unspecified atom stereocenters. The number of aryl methyl sites for hydroxylation is 1. The van der Waals surface area contributed by atoms with E-state index in [0.29, 0.717) is 0 Å². The molecule has 0 radical (unpaired) electrons. The minimum atomic E-state index is 0.719. The number of nitrogens with zero attached hydrogens (tertiary/aromatic N) is 1. The summed E-state index contributed by atoms with van der Waals surface area (Å²) in [7, 11) is 0. The molecule has 2 aliphatic rings. The Morgan fingerprint density at radius 3 is 3.12 bits per heavy atom. The molecule has 0 aliphatic carbocycles. The second kappa shape index (κ2) is 4.00. The van der Waals surface area contributed by atoms with Crippen LogP contribution in [0.5, 0.6) is 0 Å². The van der Waals surface area contributed by atoms with Gasteiger partial charge in [0.25, 0.3) is 0 Å². The average molecular weight is 216 g/mol. The lowest BCUT2D eigenvalue weighted by molar-refractivity contribution is 0.583. The largest absolute Gasteiger partial charge is 0.381 e. The van der Waals surface area contributed by atoms with E-state index in [0.717, 1.165) is 12.6 Å². The van der Waals surface area contributed by atoms with Crippen LogP contribution in [0.2, 0.25) is 0 Å². The Balaban J connectivity index is 1.98. The van der Waals surface area contributed by atoms with Crippen LogP contribution in [0.4, 0.5) is 11.4 Å². The Kier molecular flexibility index (Phi) is 2.50. The molecule has 1 N–H and O–H groups in total. The van der Waals surface area contributed by atoms with E-state index in [1.807, 2.05) is 0 Å². The minimum Gasteiger partial charge on any atom is -0.381 e. The van der Waals surface area contributed by atoms with Gasteiger partial charge in [0.1, 0.15) is 0 Å². The normalized spacial score (nSPS) is 24.1. The van der Waals surface area contributed by atoms with E-state index in [-0.39, 0.29) is 0 Å². The van der Waals surface area contributed by atoms with Crippen LogP contribution in [0.15, 0.2) is 18.2 Å². The molecule has 0 bridgehead atoms. The molecule has 1 saturated heterocycles. The highest BCUT2D eigenvalue weighted by atomic mass is 15.2. The topological polar surface area (TPSA) is 15.3 Å². The van der Waals surface area contributed by atoms with Crippen LogP contribution in [-0.2, 0) is 0 Å². The van der Waals surface area contributed by atoms with E-state index in [2.05, 4.69) is 35.3 Å². The Morgan fingerprint density at radius 2 is 2.19 bits per heavy atom. The Labute approximate surface area is 97.6 Å². The molecule has 3 rings (SSSR count). The number of anilines is 2. The zero-order valence-electron chi connectivity index (χ0n) is 10.00. The Hall–Kier alpha value is -1.18. The van der Waals surface area contributed by atoms with E-state index in [4.69, 9.17) is 0 Å². The summed E-state index contributed by atoms with van der Waals surface area (Å²) < 4.78 is 0. The first-order chi connectivity index (χ1) is 7.84. The quantitative estimate of drug-likeness (QED) is 0.716. The monoisotopic (exact) mass is 216 g/mol. The van der Waals surface area contributed by atoms with Crippen molar-refractivity contribution in [1.29, 1.82) is 0 Å². The molecule has 86 valence electrons. The van der Waals surface area contributed by atoms with Crippen LogP contribution in [0, 0.1) is 6.92 Å². The second-order valence-electron chi connectivity index (χ2n) is 5.10. The molecule has 1 aromatic rings. The summed E-state index contributed by atoms with van der Waals surface area (Å²) in [4.78, 5) is 2.63. The molecule has 2 heteroatoms. The maximum Gasteiger partial charge on any atom is 0.0607 e. The highest BCUT2D eigenvalue weighted by Gasteiger charge is 2.26. The van der Waals surface area contributed by atoms with Gasteiger partial charge in [-0.25, -0.2) is 0 Å². The third-order valence-corrected chi connectivity index (χ3v) is 3.87. The minimum absolute atomic E-state index is 0.719. The van der Waals surface area contributed by atoms with Gasteiger partial charge in [-0.1, -0.05) is 18.9 Å². The van der Waals surface area contributed by atoms with Crippen molar-refractivity contribution in [1.82, 2.24) is 0 Å². The van der Waals surface area contributed by atoms with Crippen LogP contribution < -0.4 is 10.2 Å². The third kappa shape index (κ3) is 1.66. The molecule has 0 aromatic heterocycles. The van der Waals surface area contributed by atoms with Gasteiger partial charge in [0.15, 0.2) is 0 Å². The first-order valence-electron chi connectivity index (χ1n) is 6.46. The number of benzene rings is 1. The van der Waals surface area contributed by atoms with Crippen LogP contribution in [-0.4, -0.2) is 19.1 Å². The maximum absolute atomic E-state index is 3.58. The van der Waals surface area contributed by atoms with Crippen molar-refractivity contribution in [2.45, 2.75) is 38.6 Å². The van der Waals surface area contributed by atoms with Gasteiger partial charge >= 0.3 is 0 Å². The lowest BCUT2D eigenvalue weighted by Gasteiger charge is -2.38. The molecule has 0 spiro atoms. The zero-order valence-corrected chi connectivity index (χ0v) is 10.00. The van der Waals surface area contributed by atoms with Crippen molar-refractivity contribution in [2.24, 2.45) is 0 Å². The first kappa shape index (κ1) is 10.0. The molecule has 1 atom stereocenters. The van der Waals surface area contributed by atoms with Crippen LogP contribution in [0.1, 0.15) is 31.2 Å². The summed E-state index contributed by atoms with van der Waals surface area (Å²) in [5.41, 5.74) is 4.12. The predicted octanol–water partition coefficient (Wildman–Crippen LogP) is 3.17. The van der Waals surface area contributed by atoms with E-state index in [1.54, 1.807) is 0 Å². The number of hydrogen-bond donors (Lipinski definition) is 1. The summed E-state index contributed by atoms with van der Waals surface area (Å²) in [6.07, 6.45) is 5.49. The van der Waals surface area contributed by atoms with E-state index in [9.17, 15) is 0 Å². The molecule has 1 fully saturated rings. The van der Waals surface area contributed by atoms with E-state index in [1.165, 1.54) is 49.2 Å². The summed E-state index contributed by atoms with van der Waals surface area (Å²) in [5.74, 6) is 0. The van der Waals surface area contributed by atoms with Gasteiger partial charge in [0.05, 0.1) is 11.4 Å². The van der Waals surface area contributed by atoms with Crippen LogP contribution >= 0.6 is 0 Å². The van der Waals surface area contributed by atoms with Gasteiger partial charge in [-0.05, 0) is 37.5 Å². The molecule has 0 saturated carbocycles. The Bertz CT molecular complexity index is 386. The Morgan fingerprint density at radius 1 is 1.25 bits per heavy atom. The highest BCUT2D eigenvalue weighted by Crippen LogP contribution is 2.35. The van der Waals surface area contributed by atoms with Gasteiger partial charge < -0.3 is 10.2 Å². The molecule has 2 heterocycles. The third-order valence-electron chi connectivity index (χ3n) is 3.87. The maximum atomic E-state index is 3.58. The first-order valence-corrected chi connectivity index (χ1v) is 6.46. The van der Waals surface area contributed by atoms with E-state index < -0.39 is 0 Å². The molecule has 0 amide bonds. The van der Waals surface area contributed by atoms with Crippen molar-refractivity contribution >= 4 is 11.4 Å². The van der Waals surface area contributed by atoms with Crippen molar-refractivity contribution in [3.8, 4) is 0 Å². The lowest BCUT2D eigenvalue weighted by Crippen LogP contribution is -2.43. The van der Waals surface area contributed by atoms with Crippen LogP contribution in [0.3, 0.4) is 0 Å². The van der Waals surface area contributed by atoms with Crippen molar-refractivity contribution in [3.05, 3.63) is 23.8 Å². The predicted molar refractivity (Wildman–Crippen MR) is 69.3 cm³/mol. The van der Waals surface area contributed by atoms with Crippen LogP contribution in [0.25, 0.3) is 0 Å². The van der Waals surface area contributed by atoms with Crippen molar-refractivity contribution < 1.29 is 0 Å². The molecule has 2 aliphatic heterocycles. The van der Waals surface area contributed by atoms with Gasteiger partial charge in [-0.3, -0.25) is 0 Å².